The third kappa shape index (κ3) is 3.82. The van der Waals surface area contributed by atoms with Gasteiger partial charge in [-0.3, -0.25) is 4.68 Å². The van der Waals surface area contributed by atoms with Crippen LogP contribution in [0.25, 0.3) is 0 Å². The zero-order valence-electron chi connectivity index (χ0n) is 12.7. The van der Waals surface area contributed by atoms with Crippen molar-refractivity contribution in [3.05, 3.63) is 17.5 Å². The van der Waals surface area contributed by atoms with Crippen LogP contribution >= 0.6 is 0 Å². The number of nitrogens with zero attached hydrogens (tertiary/aromatic N) is 3. The van der Waals surface area contributed by atoms with Crippen LogP contribution in [-0.2, 0) is 30.2 Å². The molecule has 1 fully saturated rings. The molecule has 1 aliphatic heterocycles. The largest absolute Gasteiger partial charge is 0.329 e. The maximum atomic E-state index is 12.5. The quantitative estimate of drug-likeness (QED) is 0.780. The molecule has 0 radical (unpaired) electrons. The second kappa shape index (κ2) is 6.87. The third-order valence-corrected chi connectivity index (χ3v) is 5.53. The maximum Gasteiger partial charge on any atom is 0.280 e. The fourth-order valence-corrected chi connectivity index (χ4v) is 4.26. The summed E-state index contributed by atoms with van der Waals surface area (Å²) in [6.45, 7) is 3.20. The summed E-state index contributed by atoms with van der Waals surface area (Å²) in [5.41, 5.74) is 7.55. The molecule has 0 amide bonds. The van der Waals surface area contributed by atoms with Crippen molar-refractivity contribution in [2.75, 3.05) is 13.1 Å². The summed E-state index contributed by atoms with van der Waals surface area (Å²) in [4.78, 5) is 0. The average Bonchev–Trinajstić information content (AvgIpc) is 2.85. The lowest BCUT2D eigenvalue weighted by molar-refractivity contribution is 0.254. The molecule has 7 nitrogen and oxygen atoms in total. The minimum atomic E-state index is -3.49. The van der Waals surface area contributed by atoms with Crippen LogP contribution in [0.3, 0.4) is 0 Å². The lowest BCUT2D eigenvalue weighted by Gasteiger charge is -2.33. The first kappa shape index (κ1) is 16.4. The van der Waals surface area contributed by atoms with Crippen molar-refractivity contribution >= 4 is 10.2 Å². The molecular formula is C13H25N5O2S. The summed E-state index contributed by atoms with van der Waals surface area (Å²) >= 11 is 0. The molecule has 120 valence electrons. The van der Waals surface area contributed by atoms with E-state index in [9.17, 15) is 8.42 Å². The third-order valence-electron chi connectivity index (χ3n) is 3.93. The summed E-state index contributed by atoms with van der Waals surface area (Å²) in [5.74, 6) is 0. The van der Waals surface area contributed by atoms with E-state index in [1.165, 1.54) is 4.31 Å². The minimum Gasteiger partial charge on any atom is -0.329 e. The Bertz CT molecular complexity index is 569. The van der Waals surface area contributed by atoms with Crippen LogP contribution < -0.4 is 10.5 Å². The number of hydrogen-bond donors (Lipinski definition) is 2. The van der Waals surface area contributed by atoms with Gasteiger partial charge in [0.15, 0.2) is 0 Å². The van der Waals surface area contributed by atoms with Crippen molar-refractivity contribution < 1.29 is 8.42 Å². The van der Waals surface area contributed by atoms with Gasteiger partial charge in [0.2, 0.25) is 0 Å². The number of aromatic nitrogens is 2. The van der Waals surface area contributed by atoms with Crippen LogP contribution in [0.2, 0.25) is 0 Å². The highest BCUT2D eigenvalue weighted by atomic mass is 32.2. The van der Waals surface area contributed by atoms with Crippen LogP contribution in [0, 0.1) is 0 Å². The monoisotopic (exact) mass is 315 g/mol. The summed E-state index contributed by atoms with van der Waals surface area (Å²) in [6, 6.07) is -0.0872. The number of nitrogens with one attached hydrogen (secondary N) is 1. The van der Waals surface area contributed by atoms with E-state index in [0.29, 0.717) is 13.1 Å². The van der Waals surface area contributed by atoms with Gasteiger partial charge in [-0.2, -0.15) is 22.5 Å². The lowest BCUT2D eigenvalue weighted by Crippen LogP contribution is -2.51. The van der Waals surface area contributed by atoms with Gasteiger partial charge >= 0.3 is 0 Å². The summed E-state index contributed by atoms with van der Waals surface area (Å²) in [7, 11) is -1.65. The molecule has 8 heteroatoms. The Morgan fingerprint density at radius 1 is 1.48 bits per heavy atom. The van der Waals surface area contributed by atoms with Crippen molar-refractivity contribution in [1.29, 1.82) is 0 Å². The fourth-order valence-electron chi connectivity index (χ4n) is 2.81. The molecule has 3 N–H and O–H groups in total. The van der Waals surface area contributed by atoms with E-state index in [1.54, 1.807) is 4.68 Å². The van der Waals surface area contributed by atoms with Gasteiger partial charge in [-0.1, -0.05) is 13.3 Å². The van der Waals surface area contributed by atoms with E-state index in [1.807, 2.05) is 20.2 Å². The van der Waals surface area contributed by atoms with Gasteiger partial charge in [0, 0.05) is 44.5 Å². The number of hydrogen-bond acceptors (Lipinski definition) is 4. The number of rotatable bonds is 6. The van der Waals surface area contributed by atoms with E-state index >= 15 is 0 Å². The predicted octanol–water partition coefficient (Wildman–Crippen LogP) is 0.130. The summed E-state index contributed by atoms with van der Waals surface area (Å²) in [5, 5.41) is 4.32. The second-order valence-electron chi connectivity index (χ2n) is 5.45. The lowest BCUT2D eigenvalue weighted by atomic mass is 10.1. The average molecular weight is 315 g/mol. The zero-order chi connectivity index (χ0) is 15.5. The number of nitrogens with two attached hydrogens (primary N) is 1. The molecule has 2 heterocycles. The maximum absolute atomic E-state index is 12.5. The molecule has 0 saturated carbocycles. The van der Waals surface area contributed by atoms with Crippen molar-refractivity contribution in [1.82, 2.24) is 18.8 Å². The number of aryl methyl sites for hydroxylation is 2. The van der Waals surface area contributed by atoms with Gasteiger partial charge in [-0.25, -0.2) is 0 Å². The topological polar surface area (TPSA) is 93.2 Å². The number of piperidine rings is 1. The highest BCUT2D eigenvalue weighted by Crippen LogP contribution is 2.19. The highest BCUT2D eigenvalue weighted by Gasteiger charge is 2.31. The Hall–Kier alpha value is -0.960. The summed E-state index contributed by atoms with van der Waals surface area (Å²) in [6.07, 6.45) is 5.41. The molecule has 0 aliphatic carbocycles. The van der Waals surface area contributed by atoms with Gasteiger partial charge in [0.1, 0.15) is 0 Å². The van der Waals surface area contributed by atoms with Crippen molar-refractivity contribution in [3.63, 3.8) is 0 Å². The van der Waals surface area contributed by atoms with Gasteiger partial charge in [-0.05, 0) is 19.3 Å². The Kier molecular flexibility index (Phi) is 5.37. The molecule has 1 aliphatic rings. The van der Waals surface area contributed by atoms with Gasteiger partial charge in [-0.15, -0.1) is 0 Å². The molecule has 21 heavy (non-hydrogen) atoms. The molecule has 1 unspecified atom stereocenters. The van der Waals surface area contributed by atoms with E-state index < -0.39 is 10.2 Å². The Morgan fingerprint density at radius 3 is 2.90 bits per heavy atom. The minimum absolute atomic E-state index is 0.0872. The molecule has 1 atom stereocenters. The molecule has 0 aromatic carbocycles. The van der Waals surface area contributed by atoms with Crippen LogP contribution in [0.15, 0.2) is 6.20 Å². The van der Waals surface area contributed by atoms with Crippen molar-refractivity contribution in [2.45, 2.75) is 45.2 Å². The van der Waals surface area contributed by atoms with Gasteiger partial charge in [0.25, 0.3) is 10.2 Å². The first-order valence-corrected chi connectivity index (χ1v) is 8.89. The molecule has 2 rings (SSSR count). The Labute approximate surface area is 126 Å². The standard InChI is InChI=1S/C13H25N5O2S/c1-3-13-11(10-17(2)16-13)9-15-21(19,20)18-7-5-4-6-12(18)8-14/h10,12,15H,3-9,14H2,1-2H3. The second-order valence-corrected chi connectivity index (χ2v) is 7.16. The predicted molar refractivity (Wildman–Crippen MR) is 81.7 cm³/mol. The Morgan fingerprint density at radius 2 is 2.24 bits per heavy atom. The van der Waals surface area contributed by atoms with Crippen LogP contribution in [0.1, 0.15) is 37.4 Å². The van der Waals surface area contributed by atoms with Crippen molar-refractivity contribution in [2.24, 2.45) is 12.8 Å². The SMILES string of the molecule is CCc1nn(C)cc1CNS(=O)(=O)N1CCCCC1CN. The normalized spacial score (nSPS) is 20.8. The van der Waals surface area contributed by atoms with E-state index in [-0.39, 0.29) is 12.6 Å². The van der Waals surface area contributed by atoms with Gasteiger partial charge < -0.3 is 5.73 Å². The fraction of sp³-hybridized carbons (Fsp3) is 0.769. The molecule has 0 spiro atoms. The van der Waals surface area contributed by atoms with E-state index in [4.69, 9.17) is 5.73 Å². The van der Waals surface area contributed by atoms with Gasteiger partial charge in [0.05, 0.1) is 5.69 Å². The van der Waals surface area contributed by atoms with Crippen LogP contribution in [0.5, 0.6) is 0 Å². The van der Waals surface area contributed by atoms with E-state index in [2.05, 4.69) is 9.82 Å². The molecule has 1 saturated heterocycles. The Balaban J connectivity index is 2.06. The van der Waals surface area contributed by atoms with Crippen LogP contribution in [0.4, 0.5) is 0 Å². The molecule has 1 aromatic heterocycles. The zero-order valence-corrected chi connectivity index (χ0v) is 13.6. The smallest absolute Gasteiger partial charge is 0.280 e. The first-order chi connectivity index (χ1) is 9.97. The van der Waals surface area contributed by atoms with E-state index in [0.717, 1.165) is 36.9 Å². The first-order valence-electron chi connectivity index (χ1n) is 7.45. The molecule has 1 aromatic rings. The van der Waals surface area contributed by atoms with Crippen LogP contribution in [-0.4, -0.2) is 41.6 Å². The molecular weight excluding hydrogens is 290 g/mol. The molecule has 0 bridgehead atoms. The summed E-state index contributed by atoms with van der Waals surface area (Å²) < 4.78 is 30.8. The van der Waals surface area contributed by atoms with Crippen molar-refractivity contribution in [3.8, 4) is 0 Å². The highest BCUT2D eigenvalue weighted by molar-refractivity contribution is 7.87.